The molecule has 3 rings (SSSR count). The van der Waals surface area contributed by atoms with Gasteiger partial charge in [0.1, 0.15) is 6.04 Å². The molecule has 0 aliphatic carbocycles. The number of hydrogen-bond donors (Lipinski definition) is 2. The van der Waals surface area contributed by atoms with Gasteiger partial charge in [-0.25, -0.2) is 4.79 Å². The van der Waals surface area contributed by atoms with E-state index in [9.17, 15) is 14.7 Å². The van der Waals surface area contributed by atoms with Crippen LogP contribution in [0.2, 0.25) is 0 Å². The van der Waals surface area contributed by atoms with E-state index < -0.39 is 12.0 Å². The molecule has 1 aliphatic heterocycles. The number of carboxylic acids is 1. The van der Waals surface area contributed by atoms with Gasteiger partial charge in [-0.15, -0.1) is 14.8 Å². The Hall–Kier alpha value is -2.78. The maximum absolute atomic E-state index is 12.4. The highest BCUT2D eigenvalue weighted by molar-refractivity contribution is 5.85. The van der Waals surface area contributed by atoms with Crippen LogP contribution in [0.15, 0.2) is 12.1 Å². The van der Waals surface area contributed by atoms with E-state index in [0.29, 0.717) is 38.0 Å². The average Bonchev–Trinajstić information content (AvgIpc) is 3.08. The number of tetrazole rings is 1. The Morgan fingerprint density at radius 1 is 1.31 bits per heavy atom. The van der Waals surface area contributed by atoms with E-state index in [4.69, 9.17) is 0 Å². The second-order valence-electron chi connectivity index (χ2n) is 7.01. The lowest BCUT2D eigenvalue weighted by atomic mass is 9.94. The number of nitrogens with zero attached hydrogens (tertiary/aromatic N) is 6. The van der Waals surface area contributed by atoms with Crippen molar-refractivity contribution in [3.05, 3.63) is 12.1 Å². The summed E-state index contributed by atoms with van der Waals surface area (Å²) in [6.07, 6.45) is 1.72. The number of carbonyl (C=O) groups excluding carboxylic acids is 1. The minimum atomic E-state index is -0.983. The summed E-state index contributed by atoms with van der Waals surface area (Å²) in [4.78, 5) is 25.8. The summed E-state index contributed by atoms with van der Waals surface area (Å²) in [5.41, 5.74) is 0.577. The quantitative estimate of drug-likeness (QED) is 0.755. The predicted molar refractivity (Wildman–Crippen MR) is 92.5 cm³/mol. The summed E-state index contributed by atoms with van der Waals surface area (Å²) in [6.45, 7) is 5.21. The summed E-state index contributed by atoms with van der Waals surface area (Å²) in [6, 6.07) is 2.82. The van der Waals surface area contributed by atoms with Crippen molar-refractivity contribution in [2.75, 3.05) is 18.0 Å². The van der Waals surface area contributed by atoms with Crippen LogP contribution < -0.4 is 10.2 Å². The second-order valence-corrected chi connectivity index (χ2v) is 7.01. The largest absolute Gasteiger partial charge is 0.480 e. The molecule has 0 bridgehead atoms. The van der Waals surface area contributed by atoms with Crippen LogP contribution in [0.25, 0.3) is 5.65 Å². The highest BCUT2D eigenvalue weighted by Gasteiger charge is 2.29. The average molecular weight is 361 g/mol. The summed E-state index contributed by atoms with van der Waals surface area (Å²) in [7, 11) is 0. The van der Waals surface area contributed by atoms with Gasteiger partial charge in [-0.05, 0) is 47.7 Å². The normalized spacial score (nSPS) is 16.8. The Labute approximate surface area is 150 Å². The lowest BCUT2D eigenvalue weighted by Crippen LogP contribution is -2.47. The monoisotopic (exact) mass is 361 g/mol. The van der Waals surface area contributed by atoms with Crippen molar-refractivity contribution in [2.45, 2.75) is 39.2 Å². The Bertz CT molecular complexity index is 783. The molecule has 0 radical (unpaired) electrons. The fourth-order valence-corrected chi connectivity index (χ4v) is 3.16. The van der Waals surface area contributed by atoms with Gasteiger partial charge in [0, 0.05) is 19.0 Å². The van der Waals surface area contributed by atoms with Gasteiger partial charge in [0.2, 0.25) is 5.91 Å². The summed E-state index contributed by atoms with van der Waals surface area (Å²) < 4.78 is 1.37. The van der Waals surface area contributed by atoms with Crippen molar-refractivity contribution in [1.29, 1.82) is 0 Å². The molecule has 1 amide bonds. The number of aromatic nitrogens is 5. The molecule has 1 aliphatic rings. The number of hydrogen-bond acceptors (Lipinski definition) is 7. The number of carboxylic acid groups (broad SMARTS) is 1. The first-order valence-electron chi connectivity index (χ1n) is 8.77. The van der Waals surface area contributed by atoms with Gasteiger partial charge in [-0.1, -0.05) is 13.8 Å². The zero-order chi connectivity index (χ0) is 18.7. The van der Waals surface area contributed by atoms with Gasteiger partial charge in [0.05, 0.1) is 0 Å². The number of fused-ring (bicyclic) bond motifs is 1. The topological polar surface area (TPSA) is 126 Å². The lowest BCUT2D eigenvalue weighted by Gasteiger charge is -2.32. The second kappa shape index (κ2) is 7.63. The fourth-order valence-electron chi connectivity index (χ4n) is 3.16. The molecule has 2 aromatic heterocycles. The summed E-state index contributed by atoms with van der Waals surface area (Å²) in [5.74, 6) is -0.389. The van der Waals surface area contributed by atoms with Gasteiger partial charge in [0.15, 0.2) is 11.5 Å². The van der Waals surface area contributed by atoms with Crippen LogP contribution >= 0.6 is 0 Å². The van der Waals surface area contributed by atoms with Crippen LogP contribution in [0, 0.1) is 11.8 Å². The smallest absolute Gasteiger partial charge is 0.326 e. The van der Waals surface area contributed by atoms with Gasteiger partial charge in [-0.2, -0.15) is 0 Å². The molecule has 1 saturated heterocycles. The molecule has 10 nitrogen and oxygen atoms in total. The van der Waals surface area contributed by atoms with Crippen molar-refractivity contribution in [2.24, 2.45) is 11.8 Å². The Kier molecular flexibility index (Phi) is 5.29. The zero-order valence-corrected chi connectivity index (χ0v) is 14.9. The molecule has 1 fully saturated rings. The first kappa shape index (κ1) is 18.0. The van der Waals surface area contributed by atoms with Crippen molar-refractivity contribution in [1.82, 2.24) is 30.6 Å². The van der Waals surface area contributed by atoms with E-state index in [2.05, 4.69) is 30.8 Å². The van der Waals surface area contributed by atoms with E-state index in [1.807, 2.05) is 19.9 Å². The number of anilines is 1. The highest BCUT2D eigenvalue weighted by Crippen LogP contribution is 2.22. The third-order valence-electron chi connectivity index (χ3n) is 4.57. The van der Waals surface area contributed by atoms with Crippen molar-refractivity contribution >= 4 is 23.3 Å². The molecule has 140 valence electrons. The molecule has 0 unspecified atom stereocenters. The lowest BCUT2D eigenvalue weighted by molar-refractivity contribution is -0.143. The van der Waals surface area contributed by atoms with Crippen LogP contribution in [0.1, 0.15) is 33.1 Å². The van der Waals surface area contributed by atoms with Gasteiger partial charge < -0.3 is 15.3 Å². The third kappa shape index (κ3) is 4.06. The van der Waals surface area contributed by atoms with Crippen molar-refractivity contribution < 1.29 is 14.7 Å². The first-order valence-corrected chi connectivity index (χ1v) is 8.77. The van der Waals surface area contributed by atoms with E-state index >= 15 is 0 Å². The molecule has 10 heteroatoms. The van der Waals surface area contributed by atoms with E-state index in [-0.39, 0.29) is 17.7 Å². The van der Waals surface area contributed by atoms with Crippen LogP contribution in [-0.2, 0) is 9.59 Å². The standard InChI is InChI=1S/C16H23N7O3/c1-10(2)9-12(16(25)26)17-15(24)11-5-7-22(8-6-11)14-4-3-13-18-20-21-23(13)19-14/h3-4,10-12H,5-9H2,1-2H3,(H,17,24)(H,25,26)/t12-/m0/s1. The minimum absolute atomic E-state index is 0.179. The van der Waals surface area contributed by atoms with Gasteiger partial charge in [0.25, 0.3) is 0 Å². The molecule has 1 atom stereocenters. The molecule has 2 N–H and O–H groups in total. The predicted octanol–water partition coefficient (Wildman–Crippen LogP) is 0.351. The number of nitrogens with one attached hydrogen (secondary N) is 1. The summed E-state index contributed by atoms with van der Waals surface area (Å²) in [5, 5.41) is 27.5. The maximum Gasteiger partial charge on any atom is 0.326 e. The van der Waals surface area contributed by atoms with E-state index in [1.165, 1.54) is 4.63 Å². The van der Waals surface area contributed by atoms with Gasteiger partial charge in [-0.3, -0.25) is 4.79 Å². The molecule has 2 aromatic rings. The molecule has 0 spiro atoms. The number of carbonyl (C=O) groups is 2. The van der Waals surface area contributed by atoms with Crippen LogP contribution in [-0.4, -0.2) is 61.4 Å². The Morgan fingerprint density at radius 3 is 2.69 bits per heavy atom. The minimum Gasteiger partial charge on any atom is -0.480 e. The molecule has 26 heavy (non-hydrogen) atoms. The maximum atomic E-state index is 12.4. The third-order valence-corrected chi connectivity index (χ3v) is 4.57. The molecular weight excluding hydrogens is 338 g/mol. The van der Waals surface area contributed by atoms with Crippen LogP contribution in [0.3, 0.4) is 0 Å². The van der Waals surface area contributed by atoms with Crippen molar-refractivity contribution in [3.63, 3.8) is 0 Å². The first-order chi connectivity index (χ1) is 12.4. The highest BCUT2D eigenvalue weighted by atomic mass is 16.4. The molecule has 3 heterocycles. The van der Waals surface area contributed by atoms with Crippen LogP contribution in [0.5, 0.6) is 0 Å². The molecule has 0 saturated carbocycles. The van der Waals surface area contributed by atoms with Gasteiger partial charge >= 0.3 is 5.97 Å². The Morgan fingerprint density at radius 2 is 2.04 bits per heavy atom. The van der Waals surface area contributed by atoms with Crippen molar-refractivity contribution in [3.8, 4) is 0 Å². The van der Waals surface area contributed by atoms with E-state index in [0.717, 1.165) is 5.82 Å². The molecule has 0 aromatic carbocycles. The number of piperidine rings is 1. The fraction of sp³-hybridized carbons (Fsp3) is 0.625. The summed E-state index contributed by atoms with van der Waals surface area (Å²) >= 11 is 0. The number of amides is 1. The Balaban J connectivity index is 1.57. The number of rotatable bonds is 6. The molecular formula is C16H23N7O3. The zero-order valence-electron chi connectivity index (χ0n) is 14.9. The SMILES string of the molecule is CC(C)C[C@H](NC(=O)C1CCN(c2ccc3nnnn3n2)CC1)C(=O)O. The van der Waals surface area contributed by atoms with Crippen LogP contribution in [0.4, 0.5) is 5.82 Å². The number of aliphatic carboxylic acids is 1. The van der Waals surface area contributed by atoms with E-state index in [1.54, 1.807) is 6.07 Å².